The van der Waals surface area contributed by atoms with E-state index in [0.29, 0.717) is 31.3 Å². The van der Waals surface area contributed by atoms with Gasteiger partial charge in [0.2, 0.25) is 5.82 Å². The second-order valence-electron chi connectivity index (χ2n) is 4.69. The number of nitrogens with one attached hydrogen (secondary N) is 1. The van der Waals surface area contributed by atoms with Gasteiger partial charge in [-0.2, -0.15) is 5.10 Å². The van der Waals surface area contributed by atoms with E-state index in [1.165, 1.54) is 0 Å². The summed E-state index contributed by atoms with van der Waals surface area (Å²) in [6, 6.07) is 0.0478. The summed E-state index contributed by atoms with van der Waals surface area (Å²) in [6.07, 6.45) is 2.58. The zero-order chi connectivity index (χ0) is 15.1. The maximum absolute atomic E-state index is 11.1. The quantitative estimate of drug-likeness (QED) is 0.326. The third-order valence-electron chi connectivity index (χ3n) is 2.73. The second kappa shape index (κ2) is 7.64. The van der Waals surface area contributed by atoms with Crippen LogP contribution in [0.1, 0.15) is 32.0 Å². The molecule has 0 bridgehead atoms. The number of anilines is 1. The van der Waals surface area contributed by atoms with Crippen LogP contribution in [-0.2, 0) is 4.74 Å². The summed E-state index contributed by atoms with van der Waals surface area (Å²) in [5.41, 5.74) is 0.448. The molecule has 0 unspecified atom stereocenters. The van der Waals surface area contributed by atoms with Gasteiger partial charge in [0, 0.05) is 12.6 Å². The number of nitro groups is 1. The van der Waals surface area contributed by atoms with Crippen molar-refractivity contribution in [3.05, 3.63) is 28.5 Å². The van der Waals surface area contributed by atoms with E-state index in [1.807, 2.05) is 13.8 Å². The molecule has 1 heterocycles. The molecule has 0 fully saturated rings. The molecular weight excluding hydrogens is 260 g/mol. The van der Waals surface area contributed by atoms with Crippen LogP contribution in [0.5, 0.6) is 0 Å². The van der Waals surface area contributed by atoms with Gasteiger partial charge in [-0.15, -0.1) is 6.58 Å². The van der Waals surface area contributed by atoms with E-state index >= 15 is 0 Å². The zero-order valence-corrected chi connectivity index (χ0v) is 12.3. The van der Waals surface area contributed by atoms with Gasteiger partial charge >= 0.3 is 5.69 Å². The van der Waals surface area contributed by atoms with Crippen molar-refractivity contribution in [1.82, 2.24) is 9.78 Å². The molecule has 0 aliphatic carbocycles. The number of aromatic nitrogens is 2. The van der Waals surface area contributed by atoms with Crippen LogP contribution in [0.4, 0.5) is 11.5 Å². The summed E-state index contributed by atoms with van der Waals surface area (Å²) < 4.78 is 7.01. The minimum Gasteiger partial charge on any atom is -0.379 e. The molecule has 0 radical (unpaired) electrons. The number of hydrogen-bond acceptors (Lipinski definition) is 5. The number of aryl methyl sites for hydroxylation is 1. The highest BCUT2D eigenvalue weighted by molar-refractivity contribution is 5.59. The first-order valence-electron chi connectivity index (χ1n) is 6.65. The van der Waals surface area contributed by atoms with E-state index in [2.05, 4.69) is 17.0 Å². The predicted octanol–water partition coefficient (Wildman–Crippen LogP) is 2.69. The lowest BCUT2D eigenvalue weighted by Gasteiger charge is -2.12. The van der Waals surface area contributed by atoms with Crippen molar-refractivity contribution in [3.63, 3.8) is 0 Å². The van der Waals surface area contributed by atoms with Crippen molar-refractivity contribution >= 4 is 11.5 Å². The van der Waals surface area contributed by atoms with Crippen molar-refractivity contribution in [2.75, 3.05) is 25.1 Å². The van der Waals surface area contributed by atoms with Crippen LogP contribution in [0.3, 0.4) is 0 Å². The first-order chi connectivity index (χ1) is 9.49. The van der Waals surface area contributed by atoms with Gasteiger partial charge in [-0.05, 0) is 27.2 Å². The maximum Gasteiger partial charge on any atom is 0.333 e. The summed E-state index contributed by atoms with van der Waals surface area (Å²) >= 11 is 0. The summed E-state index contributed by atoms with van der Waals surface area (Å²) in [7, 11) is 0. The lowest BCUT2D eigenvalue weighted by Crippen LogP contribution is -2.15. The molecule has 0 aliphatic heterocycles. The number of rotatable bonds is 9. The molecular formula is C13H22N4O3. The van der Waals surface area contributed by atoms with E-state index in [0.717, 1.165) is 6.42 Å². The molecule has 1 N–H and O–H groups in total. The van der Waals surface area contributed by atoms with Crippen molar-refractivity contribution < 1.29 is 9.66 Å². The Morgan fingerprint density at radius 1 is 1.55 bits per heavy atom. The van der Waals surface area contributed by atoms with Gasteiger partial charge in [0.05, 0.1) is 18.1 Å². The van der Waals surface area contributed by atoms with Crippen molar-refractivity contribution in [3.8, 4) is 0 Å². The first kappa shape index (κ1) is 16.2. The van der Waals surface area contributed by atoms with Gasteiger partial charge in [0.1, 0.15) is 5.69 Å². The fraction of sp³-hybridized carbons (Fsp3) is 0.615. The van der Waals surface area contributed by atoms with Crippen LogP contribution < -0.4 is 5.32 Å². The molecule has 0 spiro atoms. The van der Waals surface area contributed by atoms with Crippen LogP contribution >= 0.6 is 0 Å². The van der Waals surface area contributed by atoms with Crippen LogP contribution in [0, 0.1) is 17.0 Å². The van der Waals surface area contributed by atoms with E-state index in [9.17, 15) is 10.1 Å². The van der Waals surface area contributed by atoms with Crippen molar-refractivity contribution in [1.29, 1.82) is 0 Å². The van der Waals surface area contributed by atoms with E-state index < -0.39 is 4.92 Å². The molecule has 0 aliphatic rings. The SMILES string of the molecule is C=CCCOCCNc1c([N+](=O)[O-])c(C)nn1C(C)C. The Morgan fingerprint density at radius 2 is 2.25 bits per heavy atom. The molecule has 0 saturated carbocycles. The summed E-state index contributed by atoms with van der Waals surface area (Å²) in [5, 5.41) is 18.4. The topological polar surface area (TPSA) is 82.2 Å². The molecule has 7 nitrogen and oxygen atoms in total. The van der Waals surface area contributed by atoms with Gasteiger partial charge in [0.25, 0.3) is 0 Å². The standard InChI is InChI=1S/C13H22N4O3/c1-5-6-8-20-9-7-14-13-12(17(18)19)11(4)15-16(13)10(2)3/h5,10,14H,1,6-9H2,2-4H3. The Bertz CT molecular complexity index is 468. The Morgan fingerprint density at radius 3 is 2.80 bits per heavy atom. The van der Waals surface area contributed by atoms with Crippen LogP contribution in [0.2, 0.25) is 0 Å². The van der Waals surface area contributed by atoms with Gasteiger partial charge in [-0.3, -0.25) is 10.1 Å². The van der Waals surface area contributed by atoms with Gasteiger partial charge in [0.15, 0.2) is 0 Å². The van der Waals surface area contributed by atoms with Crippen molar-refractivity contribution in [2.24, 2.45) is 0 Å². The van der Waals surface area contributed by atoms with Gasteiger partial charge in [-0.1, -0.05) is 6.08 Å². The Kier molecular flexibility index (Phi) is 6.17. The predicted molar refractivity (Wildman–Crippen MR) is 78.1 cm³/mol. The smallest absolute Gasteiger partial charge is 0.333 e. The van der Waals surface area contributed by atoms with Gasteiger partial charge in [-0.25, -0.2) is 4.68 Å². The summed E-state index contributed by atoms with van der Waals surface area (Å²) in [6.45, 7) is 10.7. The molecule has 1 aromatic heterocycles. The molecule has 0 saturated heterocycles. The lowest BCUT2D eigenvalue weighted by atomic mass is 10.3. The highest BCUT2D eigenvalue weighted by Gasteiger charge is 2.25. The molecule has 112 valence electrons. The molecule has 0 atom stereocenters. The summed E-state index contributed by atoms with van der Waals surface area (Å²) in [5.74, 6) is 0.440. The molecule has 0 aromatic carbocycles. The largest absolute Gasteiger partial charge is 0.379 e. The zero-order valence-electron chi connectivity index (χ0n) is 12.3. The minimum atomic E-state index is -0.401. The molecule has 1 aromatic rings. The van der Waals surface area contributed by atoms with E-state index in [-0.39, 0.29) is 11.7 Å². The Balaban J connectivity index is 2.71. The summed E-state index contributed by atoms with van der Waals surface area (Å²) in [4.78, 5) is 10.7. The molecule has 1 rings (SSSR count). The lowest BCUT2D eigenvalue weighted by molar-refractivity contribution is -0.384. The number of ether oxygens (including phenoxy) is 1. The first-order valence-corrected chi connectivity index (χ1v) is 6.65. The Labute approximate surface area is 118 Å². The van der Waals surface area contributed by atoms with E-state index in [1.54, 1.807) is 17.7 Å². The molecule has 20 heavy (non-hydrogen) atoms. The number of nitrogens with zero attached hydrogens (tertiary/aromatic N) is 3. The third-order valence-corrected chi connectivity index (χ3v) is 2.73. The highest BCUT2D eigenvalue weighted by Crippen LogP contribution is 2.30. The van der Waals surface area contributed by atoms with E-state index in [4.69, 9.17) is 4.74 Å². The Hall–Kier alpha value is -1.89. The van der Waals surface area contributed by atoms with Crippen LogP contribution in [0.25, 0.3) is 0 Å². The second-order valence-corrected chi connectivity index (χ2v) is 4.69. The van der Waals surface area contributed by atoms with Crippen LogP contribution in [-0.4, -0.2) is 34.5 Å². The van der Waals surface area contributed by atoms with Crippen LogP contribution in [0.15, 0.2) is 12.7 Å². The molecule has 0 amide bonds. The normalized spacial score (nSPS) is 10.8. The minimum absolute atomic E-state index is 0.0322. The molecule has 7 heteroatoms. The maximum atomic E-state index is 11.1. The number of hydrogen-bond donors (Lipinski definition) is 1. The monoisotopic (exact) mass is 282 g/mol. The third kappa shape index (κ3) is 4.06. The average Bonchev–Trinajstić information content (AvgIpc) is 2.71. The fourth-order valence-corrected chi connectivity index (χ4v) is 1.81. The average molecular weight is 282 g/mol. The fourth-order valence-electron chi connectivity index (χ4n) is 1.81. The highest BCUT2D eigenvalue weighted by atomic mass is 16.6. The van der Waals surface area contributed by atoms with Gasteiger partial charge < -0.3 is 10.1 Å². The van der Waals surface area contributed by atoms with Crippen molar-refractivity contribution in [2.45, 2.75) is 33.2 Å².